The monoisotopic (exact) mass is 331 g/mol. The van der Waals surface area contributed by atoms with Gasteiger partial charge in [-0.3, -0.25) is 0 Å². The highest BCUT2D eigenvalue weighted by molar-refractivity contribution is 7.89. The van der Waals surface area contributed by atoms with Crippen LogP contribution in [0.25, 0.3) is 0 Å². The molecule has 2 aromatic rings. The Morgan fingerprint density at radius 3 is 2.14 bits per heavy atom. The van der Waals surface area contributed by atoms with E-state index >= 15 is 0 Å². The first-order valence-corrected chi connectivity index (χ1v) is 7.65. The van der Waals surface area contributed by atoms with Crippen molar-refractivity contribution in [2.24, 2.45) is 5.14 Å². The molecule has 0 aliphatic carbocycles. The smallest absolute Gasteiger partial charge is 0.406 e. The summed E-state index contributed by atoms with van der Waals surface area (Å²) in [4.78, 5) is -0.00869. The maximum absolute atomic E-state index is 12.1. The van der Waals surface area contributed by atoms with Crippen LogP contribution in [-0.2, 0) is 16.4 Å². The predicted molar refractivity (Wildman–Crippen MR) is 73.7 cm³/mol. The van der Waals surface area contributed by atoms with E-state index in [0.717, 1.165) is 0 Å². The number of benzene rings is 2. The molecule has 0 aliphatic heterocycles. The van der Waals surface area contributed by atoms with Gasteiger partial charge in [-0.25, -0.2) is 13.6 Å². The van der Waals surface area contributed by atoms with Gasteiger partial charge in [-0.15, -0.1) is 13.2 Å². The first kappa shape index (κ1) is 16.3. The Kier molecular flexibility index (Phi) is 4.43. The van der Waals surface area contributed by atoms with Gasteiger partial charge in [0.25, 0.3) is 0 Å². The fourth-order valence-electron chi connectivity index (χ4n) is 1.96. The Morgan fingerprint density at radius 2 is 1.59 bits per heavy atom. The minimum atomic E-state index is -4.75. The van der Waals surface area contributed by atoms with E-state index in [1.165, 1.54) is 30.3 Å². The van der Waals surface area contributed by atoms with Gasteiger partial charge < -0.3 is 4.74 Å². The minimum Gasteiger partial charge on any atom is -0.406 e. The molecule has 118 valence electrons. The van der Waals surface area contributed by atoms with Crippen molar-refractivity contribution in [1.82, 2.24) is 0 Å². The van der Waals surface area contributed by atoms with Gasteiger partial charge in [0.15, 0.2) is 0 Å². The Labute approximate surface area is 125 Å². The molecular formula is C14H12F3NO3S. The molecule has 0 unspecified atom stereocenters. The van der Waals surface area contributed by atoms with Crippen LogP contribution in [0.5, 0.6) is 5.75 Å². The SMILES string of the molecule is NS(=O)(=O)c1ccccc1Cc1ccc(OC(F)(F)F)cc1. The molecule has 0 heterocycles. The maximum atomic E-state index is 12.1. The third-order valence-corrected chi connectivity index (χ3v) is 3.84. The second-order valence-electron chi connectivity index (χ2n) is 4.52. The van der Waals surface area contributed by atoms with E-state index in [4.69, 9.17) is 5.14 Å². The summed E-state index contributed by atoms with van der Waals surface area (Å²) < 4.78 is 63.0. The number of ether oxygens (including phenoxy) is 1. The zero-order chi connectivity index (χ0) is 16.4. The zero-order valence-electron chi connectivity index (χ0n) is 11.2. The summed E-state index contributed by atoms with van der Waals surface area (Å²) in [5.74, 6) is -0.337. The van der Waals surface area contributed by atoms with Gasteiger partial charge in [0.1, 0.15) is 5.75 Å². The van der Waals surface area contributed by atoms with Gasteiger partial charge in [0, 0.05) is 0 Å². The van der Waals surface area contributed by atoms with E-state index in [0.29, 0.717) is 11.1 Å². The van der Waals surface area contributed by atoms with Gasteiger partial charge >= 0.3 is 6.36 Å². The van der Waals surface area contributed by atoms with Gasteiger partial charge in [0.2, 0.25) is 10.0 Å². The average Bonchev–Trinajstić information content (AvgIpc) is 2.39. The van der Waals surface area contributed by atoms with Crippen LogP contribution in [0, 0.1) is 0 Å². The molecule has 22 heavy (non-hydrogen) atoms. The third-order valence-electron chi connectivity index (χ3n) is 2.83. The predicted octanol–water partition coefficient (Wildman–Crippen LogP) is 2.82. The lowest BCUT2D eigenvalue weighted by Gasteiger charge is -2.10. The van der Waals surface area contributed by atoms with Crippen LogP contribution in [-0.4, -0.2) is 14.8 Å². The van der Waals surface area contributed by atoms with Crippen molar-refractivity contribution < 1.29 is 26.3 Å². The van der Waals surface area contributed by atoms with E-state index in [2.05, 4.69) is 4.74 Å². The van der Waals surface area contributed by atoms with E-state index < -0.39 is 16.4 Å². The normalized spacial score (nSPS) is 12.2. The number of hydrogen-bond donors (Lipinski definition) is 1. The van der Waals surface area contributed by atoms with Gasteiger partial charge in [-0.2, -0.15) is 0 Å². The Morgan fingerprint density at radius 1 is 1.00 bits per heavy atom. The summed E-state index contributed by atoms with van der Waals surface area (Å²) in [6, 6.07) is 11.4. The van der Waals surface area contributed by atoms with Crippen molar-refractivity contribution in [2.45, 2.75) is 17.7 Å². The number of rotatable bonds is 4. The fourth-order valence-corrected chi connectivity index (χ4v) is 2.73. The topological polar surface area (TPSA) is 69.4 Å². The van der Waals surface area contributed by atoms with Crippen LogP contribution in [0.2, 0.25) is 0 Å². The third kappa shape index (κ3) is 4.47. The molecule has 0 aliphatic rings. The molecule has 0 aromatic heterocycles. The highest BCUT2D eigenvalue weighted by Crippen LogP contribution is 2.24. The highest BCUT2D eigenvalue weighted by Gasteiger charge is 2.30. The van der Waals surface area contributed by atoms with Crippen LogP contribution < -0.4 is 9.88 Å². The van der Waals surface area contributed by atoms with Crippen LogP contribution in [0.15, 0.2) is 53.4 Å². The summed E-state index contributed by atoms with van der Waals surface area (Å²) in [7, 11) is -3.86. The lowest BCUT2D eigenvalue weighted by molar-refractivity contribution is -0.274. The van der Waals surface area contributed by atoms with E-state index in [-0.39, 0.29) is 17.1 Å². The molecule has 0 saturated carbocycles. The number of nitrogens with two attached hydrogens (primary N) is 1. The van der Waals surface area contributed by atoms with Crippen LogP contribution in [0.4, 0.5) is 13.2 Å². The summed E-state index contributed by atoms with van der Waals surface area (Å²) >= 11 is 0. The van der Waals surface area contributed by atoms with Crippen LogP contribution >= 0.6 is 0 Å². The van der Waals surface area contributed by atoms with Crippen LogP contribution in [0.1, 0.15) is 11.1 Å². The second kappa shape index (κ2) is 5.98. The minimum absolute atomic E-state index is 0.00869. The molecule has 0 amide bonds. The molecule has 2 aromatic carbocycles. The Bertz CT molecular complexity index is 756. The number of alkyl halides is 3. The van der Waals surface area contributed by atoms with E-state index in [1.807, 2.05) is 0 Å². The zero-order valence-corrected chi connectivity index (χ0v) is 12.0. The molecule has 8 heteroatoms. The molecular weight excluding hydrogens is 319 g/mol. The van der Waals surface area contributed by atoms with Crippen molar-refractivity contribution in [1.29, 1.82) is 0 Å². The Hall–Kier alpha value is -2.06. The molecule has 4 nitrogen and oxygen atoms in total. The fraction of sp³-hybridized carbons (Fsp3) is 0.143. The molecule has 0 atom stereocenters. The number of primary sulfonamides is 1. The van der Waals surface area contributed by atoms with Gasteiger partial charge in [0.05, 0.1) is 4.90 Å². The molecule has 0 spiro atoms. The van der Waals surface area contributed by atoms with Crippen molar-refractivity contribution in [3.8, 4) is 5.75 Å². The summed E-state index contributed by atoms with van der Waals surface area (Å²) in [5, 5.41) is 5.13. The van der Waals surface area contributed by atoms with Crippen molar-refractivity contribution in [3.05, 3.63) is 59.7 Å². The Balaban J connectivity index is 2.22. The lowest BCUT2D eigenvalue weighted by Crippen LogP contribution is -2.17. The summed E-state index contributed by atoms with van der Waals surface area (Å²) in [6.07, 6.45) is -4.53. The lowest BCUT2D eigenvalue weighted by atomic mass is 10.1. The highest BCUT2D eigenvalue weighted by atomic mass is 32.2. The van der Waals surface area contributed by atoms with E-state index in [1.54, 1.807) is 18.2 Å². The van der Waals surface area contributed by atoms with Crippen molar-refractivity contribution >= 4 is 10.0 Å². The maximum Gasteiger partial charge on any atom is 0.573 e. The quantitative estimate of drug-likeness (QED) is 0.936. The molecule has 0 fully saturated rings. The summed E-state index contributed by atoms with van der Waals surface area (Å²) in [6.45, 7) is 0. The molecule has 0 bridgehead atoms. The van der Waals surface area contributed by atoms with Gasteiger partial charge in [-0.1, -0.05) is 30.3 Å². The largest absolute Gasteiger partial charge is 0.573 e. The van der Waals surface area contributed by atoms with Crippen molar-refractivity contribution in [3.63, 3.8) is 0 Å². The number of halogens is 3. The first-order valence-electron chi connectivity index (χ1n) is 6.10. The van der Waals surface area contributed by atoms with E-state index in [9.17, 15) is 21.6 Å². The molecule has 0 radical (unpaired) electrons. The standard InChI is InChI=1S/C14H12F3NO3S/c15-14(16,17)21-12-7-5-10(6-8-12)9-11-3-1-2-4-13(11)22(18,19)20/h1-8H,9H2,(H2,18,19,20). The molecule has 2 N–H and O–H groups in total. The number of sulfonamides is 1. The number of hydrogen-bond acceptors (Lipinski definition) is 3. The summed E-state index contributed by atoms with van der Waals surface area (Å²) in [5.41, 5.74) is 1.10. The molecule has 2 rings (SSSR count). The average molecular weight is 331 g/mol. The van der Waals surface area contributed by atoms with Crippen LogP contribution in [0.3, 0.4) is 0 Å². The van der Waals surface area contributed by atoms with Crippen molar-refractivity contribution in [2.75, 3.05) is 0 Å². The first-order chi connectivity index (χ1) is 10.1. The van der Waals surface area contributed by atoms with Gasteiger partial charge in [-0.05, 0) is 35.7 Å². The molecule has 0 saturated heterocycles. The second-order valence-corrected chi connectivity index (χ2v) is 6.05.